The number of aliphatic hydroxyl groups is 1. The van der Waals surface area contributed by atoms with E-state index < -0.39 is 0 Å². The first-order chi connectivity index (χ1) is 8.65. The van der Waals surface area contributed by atoms with E-state index in [1.165, 1.54) is 16.7 Å². The van der Waals surface area contributed by atoms with Gasteiger partial charge in [0, 0.05) is 0 Å². The number of hydrogen-bond acceptors (Lipinski definition) is 1. The first-order valence-electron chi connectivity index (χ1n) is 6.45. The van der Waals surface area contributed by atoms with Crippen LogP contribution in [0.15, 0.2) is 48.5 Å². The quantitative estimate of drug-likeness (QED) is 0.857. The Morgan fingerprint density at radius 1 is 0.944 bits per heavy atom. The molecule has 0 radical (unpaired) electrons. The van der Waals surface area contributed by atoms with Gasteiger partial charge >= 0.3 is 0 Å². The van der Waals surface area contributed by atoms with Gasteiger partial charge in [-0.05, 0) is 37.8 Å². The summed E-state index contributed by atoms with van der Waals surface area (Å²) in [5, 5.41) is 10.2. The maximum Gasteiger partial charge on any atom is 0.0793 e. The molecule has 1 heteroatoms. The van der Waals surface area contributed by atoms with Crippen LogP contribution in [0.25, 0.3) is 0 Å². The maximum atomic E-state index is 10.2. The molecular weight excluding hydrogens is 220 g/mol. The minimum absolute atomic E-state index is 0.370. The van der Waals surface area contributed by atoms with Crippen LogP contribution in [0.3, 0.4) is 0 Å². The van der Waals surface area contributed by atoms with Crippen LogP contribution in [0.4, 0.5) is 0 Å². The lowest BCUT2D eigenvalue weighted by atomic mass is 9.99. The Balaban J connectivity index is 1.98. The van der Waals surface area contributed by atoms with Crippen LogP contribution in [-0.2, 0) is 6.42 Å². The summed E-state index contributed by atoms with van der Waals surface area (Å²) in [6.45, 7) is 4.15. The Morgan fingerprint density at radius 3 is 2.28 bits per heavy atom. The van der Waals surface area contributed by atoms with E-state index in [0.29, 0.717) is 0 Å². The molecule has 0 saturated heterocycles. The van der Waals surface area contributed by atoms with Crippen molar-refractivity contribution in [3.63, 3.8) is 0 Å². The Hall–Kier alpha value is -1.60. The highest BCUT2D eigenvalue weighted by molar-refractivity contribution is 5.25. The van der Waals surface area contributed by atoms with E-state index in [9.17, 15) is 5.11 Å². The molecule has 0 amide bonds. The molecule has 2 aromatic rings. The van der Waals surface area contributed by atoms with Crippen molar-refractivity contribution >= 4 is 0 Å². The van der Waals surface area contributed by atoms with Gasteiger partial charge in [-0.2, -0.15) is 0 Å². The molecule has 0 heterocycles. The van der Waals surface area contributed by atoms with Gasteiger partial charge in [-0.3, -0.25) is 0 Å². The van der Waals surface area contributed by atoms with Gasteiger partial charge in [-0.25, -0.2) is 0 Å². The highest BCUT2D eigenvalue weighted by Crippen LogP contribution is 2.20. The summed E-state index contributed by atoms with van der Waals surface area (Å²) in [6.07, 6.45) is 1.31. The van der Waals surface area contributed by atoms with Crippen molar-refractivity contribution in [2.75, 3.05) is 0 Å². The molecule has 0 aliphatic rings. The highest BCUT2D eigenvalue weighted by atomic mass is 16.3. The summed E-state index contributed by atoms with van der Waals surface area (Å²) < 4.78 is 0. The van der Waals surface area contributed by atoms with Crippen molar-refractivity contribution in [3.8, 4) is 0 Å². The number of hydrogen-bond donors (Lipinski definition) is 1. The van der Waals surface area contributed by atoms with E-state index in [1.54, 1.807) is 0 Å². The lowest BCUT2D eigenvalue weighted by Gasteiger charge is -2.12. The van der Waals surface area contributed by atoms with Crippen LogP contribution >= 0.6 is 0 Å². The molecule has 0 aliphatic carbocycles. The second kappa shape index (κ2) is 5.83. The van der Waals surface area contributed by atoms with Crippen molar-refractivity contribution in [2.24, 2.45) is 0 Å². The molecule has 1 atom stereocenters. The lowest BCUT2D eigenvalue weighted by Crippen LogP contribution is -2.00. The zero-order valence-corrected chi connectivity index (χ0v) is 11.1. The Bertz CT molecular complexity index is 517. The molecule has 0 aromatic heterocycles. The van der Waals surface area contributed by atoms with Gasteiger partial charge in [0.25, 0.3) is 0 Å². The van der Waals surface area contributed by atoms with Gasteiger partial charge in [-0.15, -0.1) is 0 Å². The Kier molecular flexibility index (Phi) is 4.16. The van der Waals surface area contributed by atoms with Crippen LogP contribution in [0.1, 0.15) is 34.8 Å². The fourth-order valence-electron chi connectivity index (χ4n) is 2.22. The Morgan fingerprint density at radius 2 is 1.61 bits per heavy atom. The molecule has 18 heavy (non-hydrogen) atoms. The molecule has 0 aliphatic heterocycles. The van der Waals surface area contributed by atoms with Crippen molar-refractivity contribution in [1.29, 1.82) is 0 Å². The molecule has 0 fully saturated rings. The van der Waals surface area contributed by atoms with Gasteiger partial charge in [0.2, 0.25) is 0 Å². The van der Waals surface area contributed by atoms with Gasteiger partial charge in [0.05, 0.1) is 6.10 Å². The third-order valence-corrected chi connectivity index (χ3v) is 3.22. The minimum atomic E-state index is -0.370. The topological polar surface area (TPSA) is 20.2 Å². The molecule has 1 unspecified atom stereocenters. The summed E-state index contributed by atoms with van der Waals surface area (Å²) >= 11 is 0. The summed E-state index contributed by atoms with van der Waals surface area (Å²) in [7, 11) is 0. The third-order valence-electron chi connectivity index (χ3n) is 3.22. The van der Waals surface area contributed by atoms with Crippen LogP contribution in [0.5, 0.6) is 0 Å². The van der Waals surface area contributed by atoms with Gasteiger partial charge < -0.3 is 5.11 Å². The summed E-state index contributed by atoms with van der Waals surface area (Å²) in [5.74, 6) is 0. The monoisotopic (exact) mass is 240 g/mol. The van der Waals surface area contributed by atoms with Gasteiger partial charge in [0.1, 0.15) is 0 Å². The highest BCUT2D eigenvalue weighted by Gasteiger charge is 2.07. The van der Waals surface area contributed by atoms with Crippen LogP contribution < -0.4 is 0 Å². The number of aryl methyl sites for hydroxylation is 3. The molecule has 1 nitrogen and oxygen atoms in total. The zero-order valence-electron chi connectivity index (χ0n) is 11.1. The predicted molar refractivity (Wildman–Crippen MR) is 75.6 cm³/mol. The van der Waals surface area contributed by atoms with E-state index in [2.05, 4.69) is 50.2 Å². The van der Waals surface area contributed by atoms with Crippen LogP contribution in [0.2, 0.25) is 0 Å². The molecule has 2 rings (SSSR count). The molecule has 1 N–H and O–H groups in total. The average molecular weight is 240 g/mol. The standard InChI is InChI=1S/C17H20O/c1-13-5-3-7-15(11-13)9-10-17(18)16-8-4-6-14(2)12-16/h3-8,11-12,17-18H,9-10H2,1-2H3. The van der Waals surface area contributed by atoms with Crippen molar-refractivity contribution < 1.29 is 5.11 Å². The van der Waals surface area contributed by atoms with Crippen molar-refractivity contribution in [2.45, 2.75) is 32.8 Å². The number of rotatable bonds is 4. The van der Waals surface area contributed by atoms with Crippen molar-refractivity contribution in [3.05, 3.63) is 70.8 Å². The Labute approximate surface area is 109 Å². The van der Waals surface area contributed by atoms with E-state index >= 15 is 0 Å². The maximum absolute atomic E-state index is 10.2. The minimum Gasteiger partial charge on any atom is -0.388 e. The second-order valence-electron chi connectivity index (χ2n) is 4.96. The first-order valence-corrected chi connectivity index (χ1v) is 6.45. The SMILES string of the molecule is Cc1cccc(CCC(O)c2cccc(C)c2)c1. The van der Waals surface area contributed by atoms with Crippen molar-refractivity contribution in [1.82, 2.24) is 0 Å². The zero-order chi connectivity index (χ0) is 13.0. The smallest absolute Gasteiger partial charge is 0.0793 e. The molecule has 94 valence electrons. The predicted octanol–water partition coefficient (Wildman–Crippen LogP) is 3.97. The summed E-state index contributed by atoms with van der Waals surface area (Å²) in [4.78, 5) is 0. The van der Waals surface area contributed by atoms with Gasteiger partial charge in [0.15, 0.2) is 0 Å². The van der Waals surface area contributed by atoms with E-state index in [1.807, 2.05) is 12.1 Å². The molecule has 0 bridgehead atoms. The van der Waals surface area contributed by atoms with Crippen LogP contribution in [-0.4, -0.2) is 5.11 Å². The number of benzene rings is 2. The van der Waals surface area contributed by atoms with E-state index in [0.717, 1.165) is 18.4 Å². The number of aliphatic hydroxyl groups excluding tert-OH is 1. The second-order valence-corrected chi connectivity index (χ2v) is 4.96. The average Bonchev–Trinajstić information content (AvgIpc) is 2.36. The third kappa shape index (κ3) is 3.44. The molecule has 0 saturated carbocycles. The van der Waals surface area contributed by atoms with E-state index in [4.69, 9.17) is 0 Å². The largest absolute Gasteiger partial charge is 0.388 e. The molecular formula is C17H20O. The fraction of sp³-hybridized carbons (Fsp3) is 0.294. The normalized spacial score (nSPS) is 12.4. The van der Waals surface area contributed by atoms with E-state index in [-0.39, 0.29) is 6.10 Å². The van der Waals surface area contributed by atoms with Crippen LogP contribution in [0, 0.1) is 13.8 Å². The fourth-order valence-corrected chi connectivity index (χ4v) is 2.22. The summed E-state index contributed by atoms with van der Waals surface area (Å²) in [6, 6.07) is 16.6. The van der Waals surface area contributed by atoms with Gasteiger partial charge in [-0.1, -0.05) is 59.7 Å². The molecule has 0 spiro atoms. The summed E-state index contributed by atoms with van der Waals surface area (Å²) in [5.41, 5.74) is 4.78. The molecule has 2 aromatic carbocycles. The first kappa shape index (κ1) is 12.8. The lowest BCUT2D eigenvalue weighted by molar-refractivity contribution is 0.168.